The molecule has 0 aromatic heterocycles. The number of carbonyl (C=O) groups is 2. The van der Waals surface area contributed by atoms with Gasteiger partial charge in [0.2, 0.25) is 11.8 Å². The normalized spacial score (nSPS) is 10.5. The molecule has 0 aliphatic carbocycles. The highest BCUT2D eigenvalue weighted by Gasteiger charge is 2.16. The molecule has 0 saturated carbocycles. The van der Waals surface area contributed by atoms with E-state index in [1.165, 1.54) is 0 Å². The van der Waals surface area contributed by atoms with Crippen molar-refractivity contribution < 1.29 is 22.8 Å². The van der Waals surface area contributed by atoms with E-state index in [4.69, 9.17) is 23.2 Å². The molecule has 2 N–H and O–H groups in total. The maximum atomic E-state index is 13.5. The van der Waals surface area contributed by atoms with E-state index in [1.54, 1.807) is 18.2 Å². The van der Waals surface area contributed by atoms with E-state index in [2.05, 4.69) is 5.32 Å². The van der Waals surface area contributed by atoms with Crippen molar-refractivity contribution in [1.29, 1.82) is 0 Å². The monoisotopic (exact) mass is 422 g/mol. The molecule has 0 unspecified atom stereocenters. The highest BCUT2D eigenvalue weighted by molar-refractivity contribution is 8.00. The van der Waals surface area contributed by atoms with Crippen LogP contribution < -0.4 is 10.6 Å². The summed E-state index contributed by atoms with van der Waals surface area (Å²) in [6.45, 7) is -0.478. The molecule has 2 amide bonds. The van der Waals surface area contributed by atoms with Crippen LogP contribution in [0, 0.1) is 17.5 Å². The van der Waals surface area contributed by atoms with E-state index in [0.29, 0.717) is 21.0 Å². The number of anilines is 1. The molecule has 26 heavy (non-hydrogen) atoms. The van der Waals surface area contributed by atoms with Crippen molar-refractivity contribution in [3.63, 3.8) is 0 Å². The Morgan fingerprint density at radius 2 is 1.62 bits per heavy atom. The fourth-order valence-electron chi connectivity index (χ4n) is 1.80. The lowest BCUT2D eigenvalue weighted by atomic mass is 10.2. The number of rotatable bonds is 6. The third-order valence-electron chi connectivity index (χ3n) is 3.02. The highest BCUT2D eigenvalue weighted by Crippen LogP contribution is 2.33. The first kappa shape index (κ1) is 20.4. The van der Waals surface area contributed by atoms with Crippen LogP contribution in [0.15, 0.2) is 35.2 Å². The van der Waals surface area contributed by atoms with Crippen LogP contribution in [0.5, 0.6) is 0 Å². The van der Waals surface area contributed by atoms with Crippen LogP contribution in [0.1, 0.15) is 0 Å². The van der Waals surface area contributed by atoms with Gasteiger partial charge >= 0.3 is 0 Å². The molecule has 2 rings (SSSR count). The van der Waals surface area contributed by atoms with E-state index in [-0.39, 0.29) is 5.75 Å². The molecule has 0 atom stereocenters. The van der Waals surface area contributed by atoms with Crippen molar-refractivity contribution >= 4 is 52.5 Å². The third kappa shape index (κ3) is 5.30. The molecule has 2 aromatic carbocycles. The average Bonchev–Trinajstić information content (AvgIpc) is 2.60. The van der Waals surface area contributed by atoms with E-state index < -0.39 is 41.5 Å². The first-order chi connectivity index (χ1) is 12.3. The zero-order valence-electron chi connectivity index (χ0n) is 12.9. The number of halogens is 5. The summed E-state index contributed by atoms with van der Waals surface area (Å²) < 4.78 is 39.4. The molecule has 0 heterocycles. The van der Waals surface area contributed by atoms with Crippen LogP contribution in [0.4, 0.5) is 18.9 Å². The van der Waals surface area contributed by atoms with Gasteiger partial charge in [0.25, 0.3) is 0 Å². The lowest BCUT2D eigenvalue weighted by molar-refractivity contribution is -0.122. The Balaban J connectivity index is 1.84. The second kappa shape index (κ2) is 9.16. The van der Waals surface area contributed by atoms with Gasteiger partial charge in [-0.05, 0) is 24.3 Å². The predicted octanol–water partition coefficient (Wildman–Crippen LogP) is 4.26. The van der Waals surface area contributed by atoms with E-state index in [1.807, 2.05) is 5.32 Å². The number of nitrogens with one attached hydrogen (secondary N) is 2. The van der Waals surface area contributed by atoms with Crippen LogP contribution in [0.3, 0.4) is 0 Å². The van der Waals surface area contributed by atoms with Crippen molar-refractivity contribution in [2.75, 3.05) is 17.6 Å². The molecular formula is C16H11Cl2F3N2O2S. The van der Waals surface area contributed by atoms with Gasteiger partial charge in [0.05, 0.1) is 28.0 Å². The van der Waals surface area contributed by atoms with Gasteiger partial charge in [-0.15, -0.1) is 11.8 Å². The van der Waals surface area contributed by atoms with Gasteiger partial charge in [-0.25, -0.2) is 13.2 Å². The van der Waals surface area contributed by atoms with Crippen molar-refractivity contribution in [3.8, 4) is 0 Å². The molecule has 0 saturated heterocycles. The minimum atomic E-state index is -1.69. The molecule has 10 heteroatoms. The van der Waals surface area contributed by atoms with Crippen molar-refractivity contribution in [2.45, 2.75) is 4.90 Å². The maximum Gasteiger partial charge on any atom is 0.243 e. The van der Waals surface area contributed by atoms with Gasteiger partial charge in [-0.1, -0.05) is 29.3 Å². The first-order valence-electron chi connectivity index (χ1n) is 7.06. The summed E-state index contributed by atoms with van der Waals surface area (Å²) in [6.07, 6.45) is 0. The van der Waals surface area contributed by atoms with Crippen LogP contribution in [0.25, 0.3) is 0 Å². The number of hydrogen-bond donors (Lipinski definition) is 2. The number of benzene rings is 2. The maximum absolute atomic E-state index is 13.5. The number of carbonyl (C=O) groups excluding carboxylic acids is 2. The number of thioether (sulfide) groups is 1. The Morgan fingerprint density at radius 3 is 2.27 bits per heavy atom. The zero-order chi connectivity index (χ0) is 19.3. The molecular weight excluding hydrogens is 412 g/mol. The van der Waals surface area contributed by atoms with Gasteiger partial charge in [0.1, 0.15) is 0 Å². The fraction of sp³-hybridized carbons (Fsp3) is 0.125. The number of hydrogen-bond acceptors (Lipinski definition) is 3. The summed E-state index contributed by atoms with van der Waals surface area (Å²) in [7, 11) is 0. The Kier molecular flexibility index (Phi) is 7.19. The Morgan fingerprint density at radius 1 is 0.962 bits per heavy atom. The predicted molar refractivity (Wildman–Crippen MR) is 95.1 cm³/mol. The van der Waals surface area contributed by atoms with Gasteiger partial charge in [0, 0.05) is 4.90 Å². The van der Waals surface area contributed by atoms with Gasteiger partial charge in [-0.3, -0.25) is 9.59 Å². The lowest BCUT2D eigenvalue weighted by Gasteiger charge is -2.09. The Labute approximate surface area is 161 Å². The van der Waals surface area contributed by atoms with Crippen LogP contribution >= 0.6 is 35.0 Å². The SMILES string of the molecule is O=C(CSc1c(Cl)cccc1Cl)NCC(=O)Nc1ccc(F)c(F)c1F. The van der Waals surface area contributed by atoms with Gasteiger partial charge in [-0.2, -0.15) is 0 Å². The van der Waals surface area contributed by atoms with E-state index in [0.717, 1.165) is 17.8 Å². The fourth-order valence-corrected chi connectivity index (χ4v) is 3.32. The smallest absolute Gasteiger partial charge is 0.243 e. The standard InChI is InChI=1S/C16H11Cl2F3N2O2S/c17-8-2-1-3-9(18)16(8)26-7-13(25)22-6-12(24)23-11-5-4-10(19)14(20)15(11)21/h1-5H,6-7H2,(H,22,25)(H,23,24). The quantitative estimate of drug-likeness (QED) is 0.540. The average molecular weight is 423 g/mol. The summed E-state index contributed by atoms with van der Waals surface area (Å²) >= 11 is 13.0. The van der Waals surface area contributed by atoms with Crippen molar-refractivity contribution in [3.05, 3.63) is 57.8 Å². The van der Waals surface area contributed by atoms with Gasteiger partial charge in [0.15, 0.2) is 17.5 Å². The van der Waals surface area contributed by atoms with Crippen molar-refractivity contribution in [2.24, 2.45) is 0 Å². The second-order valence-corrected chi connectivity index (χ2v) is 6.69. The van der Waals surface area contributed by atoms with E-state index in [9.17, 15) is 22.8 Å². The largest absolute Gasteiger partial charge is 0.346 e. The molecule has 2 aromatic rings. The van der Waals surface area contributed by atoms with Crippen LogP contribution in [0.2, 0.25) is 10.0 Å². The summed E-state index contributed by atoms with van der Waals surface area (Å²) in [5.41, 5.74) is -0.527. The molecule has 0 aliphatic rings. The van der Waals surface area contributed by atoms with Crippen molar-refractivity contribution in [1.82, 2.24) is 5.32 Å². The minimum absolute atomic E-state index is 0.0593. The Bertz CT molecular complexity index is 832. The van der Waals surface area contributed by atoms with Crippen LogP contribution in [-0.2, 0) is 9.59 Å². The molecule has 0 fully saturated rings. The third-order valence-corrected chi connectivity index (χ3v) is 5.01. The molecule has 0 aliphatic heterocycles. The summed E-state index contributed by atoms with van der Waals surface area (Å²) in [6, 6.07) is 6.46. The lowest BCUT2D eigenvalue weighted by Crippen LogP contribution is -2.34. The zero-order valence-corrected chi connectivity index (χ0v) is 15.2. The molecule has 0 spiro atoms. The molecule has 138 valence electrons. The minimum Gasteiger partial charge on any atom is -0.346 e. The topological polar surface area (TPSA) is 58.2 Å². The molecule has 4 nitrogen and oxygen atoms in total. The Hall–Kier alpha value is -1.90. The van der Waals surface area contributed by atoms with E-state index >= 15 is 0 Å². The van der Waals surface area contributed by atoms with Gasteiger partial charge < -0.3 is 10.6 Å². The summed E-state index contributed by atoms with van der Waals surface area (Å²) in [4.78, 5) is 24.0. The molecule has 0 bridgehead atoms. The van der Waals surface area contributed by atoms with Crippen LogP contribution in [-0.4, -0.2) is 24.1 Å². The summed E-state index contributed by atoms with van der Waals surface area (Å²) in [5.74, 6) is -5.94. The highest BCUT2D eigenvalue weighted by atomic mass is 35.5. The second-order valence-electron chi connectivity index (χ2n) is 4.89. The first-order valence-corrected chi connectivity index (χ1v) is 8.80. The molecule has 0 radical (unpaired) electrons. The number of amides is 2. The summed E-state index contributed by atoms with van der Waals surface area (Å²) in [5, 5.41) is 5.13.